The molecule has 0 aliphatic carbocycles. The second-order valence-corrected chi connectivity index (χ2v) is 5.87. The van der Waals surface area contributed by atoms with E-state index in [-0.39, 0.29) is 5.91 Å². The van der Waals surface area contributed by atoms with E-state index in [0.717, 1.165) is 15.6 Å². The zero-order chi connectivity index (χ0) is 14.9. The van der Waals surface area contributed by atoms with Crippen molar-refractivity contribution in [2.75, 3.05) is 11.1 Å². The predicted octanol–water partition coefficient (Wildman–Crippen LogP) is 4.55. The highest BCUT2D eigenvalue weighted by atomic mass is 79.9. The maximum atomic E-state index is 12.2. The van der Waals surface area contributed by atoms with Crippen LogP contribution in [0.15, 0.2) is 34.8 Å². The first-order valence-electron chi connectivity index (χ1n) is 6.01. The van der Waals surface area contributed by atoms with Crippen LogP contribution in [-0.2, 0) is 0 Å². The van der Waals surface area contributed by atoms with Crippen LogP contribution in [0, 0.1) is 13.8 Å². The average molecular weight is 354 g/mol. The molecule has 0 spiro atoms. The summed E-state index contributed by atoms with van der Waals surface area (Å²) in [6.07, 6.45) is 0. The summed E-state index contributed by atoms with van der Waals surface area (Å²) in [6, 6.07) is 8.77. The smallest absolute Gasteiger partial charge is 0.255 e. The van der Waals surface area contributed by atoms with Crippen LogP contribution in [0.4, 0.5) is 11.4 Å². The molecule has 2 rings (SSSR count). The zero-order valence-electron chi connectivity index (χ0n) is 11.1. The van der Waals surface area contributed by atoms with Gasteiger partial charge in [0.2, 0.25) is 0 Å². The van der Waals surface area contributed by atoms with Crippen LogP contribution in [0.25, 0.3) is 0 Å². The molecule has 0 heterocycles. The van der Waals surface area contributed by atoms with Gasteiger partial charge in [0.15, 0.2) is 0 Å². The molecule has 5 heteroatoms. The van der Waals surface area contributed by atoms with E-state index in [1.165, 1.54) is 0 Å². The third kappa shape index (κ3) is 3.14. The van der Waals surface area contributed by atoms with Gasteiger partial charge < -0.3 is 11.1 Å². The fraction of sp³-hybridized carbons (Fsp3) is 0.133. The standard InChI is InChI=1S/C15H14BrClN2O/c1-8-5-10(3-4-12(8)17)15(20)19-14-7-13(18)9(2)6-11(14)16/h3-7H,18H2,1-2H3,(H,19,20). The first kappa shape index (κ1) is 14.9. The fourth-order valence-corrected chi connectivity index (χ4v) is 2.44. The molecule has 0 bridgehead atoms. The minimum Gasteiger partial charge on any atom is -0.398 e. The summed E-state index contributed by atoms with van der Waals surface area (Å²) in [6.45, 7) is 3.77. The van der Waals surface area contributed by atoms with Gasteiger partial charge in [0.25, 0.3) is 5.91 Å². The number of benzene rings is 2. The monoisotopic (exact) mass is 352 g/mol. The molecule has 0 fully saturated rings. The van der Waals surface area contributed by atoms with Gasteiger partial charge in [0.05, 0.1) is 5.69 Å². The van der Waals surface area contributed by atoms with Crippen LogP contribution in [0.3, 0.4) is 0 Å². The van der Waals surface area contributed by atoms with Gasteiger partial charge in [-0.2, -0.15) is 0 Å². The molecule has 0 saturated heterocycles. The minimum absolute atomic E-state index is 0.200. The summed E-state index contributed by atoms with van der Waals surface area (Å²) in [5, 5.41) is 3.47. The second-order valence-electron chi connectivity index (χ2n) is 4.61. The lowest BCUT2D eigenvalue weighted by molar-refractivity contribution is 0.102. The van der Waals surface area contributed by atoms with Gasteiger partial charge in [-0.05, 0) is 71.2 Å². The summed E-state index contributed by atoms with van der Waals surface area (Å²) < 4.78 is 0.795. The van der Waals surface area contributed by atoms with Crippen molar-refractivity contribution >= 4 is 44.8 Å². The number of halogens is 2. The maximum absolute atomic E-state index is 12.2. The number of nitrogens with two attached hydrogens (primary N) is 1. The molecule has 2 aromatic rings. The van der Waals surface area contributed by atoms with Crippen LogP contribution >= 0.6 is 27.5 Å². The molecule has 20 heavy (non-hydrogen) atoms. The number of rotatable bonds is 2. The Morgan fingerprint density at radius 3 is 2.55 bits per heavy atom. The molecule has 0 atom stereocenters. The van der Waals surface area contributed by atoms with Crippen molar-refractivity contribution in [2.24, 2.45) is 0 Å². The summed E-state index contributed by atoms with van der Waals surface area (Å²) in [5.41, 5.74) is 9.51. The summed E-state index contributed by atoms with van der Waals surface area (Å²) in [4.78, 5) is 12.2. The molecule has 2 aromatic carbocycles. The lowest BCUT2D eigenvalue weighted by atomic mass is 10.1. The van der Waals surface area contributed by atoms with Crippen LogP contribution in [0.2, 0.25) is 5.02 Å². The first-order chi connectivity index (χ1) is 9.38. The van der Waals surface area contributed by atoms with Crippen LogP contribution < -0.4 is 11.1 Å². The van der Waals surface area contributed by atoms with E-state index in [1.54, 1.807) is 24.3 Å². The van der Waals surface area contributed by atoms with E-state index >= 15 is 0 Å². The van der Waals surface area contributed by atoms with Crippen molar-refractivity contribution in [1.82, 2.24) is 0 Å². The van der Waals surface area contributed by atoms with E-state index in [4.69, 9.17) is 17.3 Å². The normalized spacial score (nSPS) is 10.4. The molecule has 0 aliphatic rings. The van der Waals surface area contributed by atoms with Gasteiger partial charge in [-0.25, -0.2) is 0 Å². The Morgan fingerprint density at radius 2 is 1.90 bits per heavy atom. The largest absolute Gasteiger partial charge is 0.398 e. The Balaban J connectivity index is 2.27. The lowest BCUT2D eigenvalue weighted by Crippen LogP contribution is -2.13. The SMILES string of the molecule is Cc1cc(Br)c(NC(=O)c2ccc(Cl)c(C)c2)cc1N. The van der Waals surface area contributed by atoms with Crippen molar-refractivity contribution in [3.05, 3.63) is 56.5 Å². The molecule has 1 amide bonds. The Hall–Kier alpha value is -1.52. The third-order valence-electron chi connectivity index (χ3n) is 3.02. The fourth-order valence-electron chi connectivity index (χ4n) is 1.77. The van der Waals surface area contributed by atoms with Gasteiger partial charge in [0.1, 0.15) is 0 Å². The van der Waals surface area contributed by atoms with Crippen LogP contribution in [0.5, 0.6) is 0 Å². The summed E-state index contributed by atoms with van der Waals surface area (Å²) >= 11 is 9.37. The van der Waals surface area contributed by atoms with Crippen LogP contribution in [-0.4, -0.2) is 5.91 Å². The van der Waals surface area contributed by atoms with Crippen LogP contribution in [0.1, 0.15) is 21.5 Å². The number of hydrogen-bond donors (Lipinski definition) is 2. The van der Waals surface area contributed by atoms with E-state index in [2.05, 4.69) is 21.2 Å². The van der Waals surface area contributed by atoms with Crippen molar-refractivity contribution in [1.29, 1.82) is 0 Å². The lowest BCUT2D eigenvalue weighted by Gasteiger charge is -2.11. The minimum atomic E-state index is -0.200. The molecule has 0 unspecified atom stereocenters. The summed E-state index contributed by atoms with van der Waals surface area (Å²) in [7, 11) is 0. The van der Waals surface area contributed by atoms with E-state index < -0.39 is 0 Å². The van der Waals surface area contributed by atoms with Crippen molar-refractivity contribution in [2.45, 2.75) is 13.8 Å². The molecular weight excluding hydrogens is 340 g/mol. The number of aryl methyl sites for hydroxylation is 2. The number of hydrogen-bond acceptors (Lipinski definition) is 2. The molecule has 0 aliphatic heterocycles. The number of carbonyl (C=O) groups excluding carboxylic acids is 1. The Bertz CT molecular complexity index is 686. The highest BCUT2D eigenvalue weighted by Gasteiger charge is 2.10. The Labute approximate surface area is 131 Å². The number of amides is 1. The van der Waals surface area contributed by atoms with Crippen molar-refractivity contribution < 1.29 is 4.79 Å². The quantitative estimate of drug-likeness (QED) is 0.778. The first-order valence-corrected chi connectivity index (χ1v) is 7.18. The van der Waals surface area contributed by atoms with E-state index in [1.807, 2.05) is 19.9 Å². The molecule has 0 saturated carbocycles. The van der Waals surface area contributed by atoms with Gasteiger partial charge in [-0.1, -0.05) is 11.6 Å². The topological polar surface area (TPSA) is 55.1 Å². The molecule has 3 nitrogen and oxygen atoms in total. The number of nitrogens with one attached hydrogen (secondary N) is 1. The van der Waals surface area contributed by atoms with Gasteiger partial charge in [-0.3, -0.25) is 4.79 Å². The third-order valence-corrected chi connectivity index (χ3v) is 4.10. The predicted molar refractivity (Wildman–Crippen MR) is 87.4 cm³/mol. The average Bonchev–Trinajstić information content (AvgIpc) is 2.39. The Kier molecular flexibility index (Phi) is 4.35. The molecule has 0 aromatic heterocycles. The molecule has 0 radical (unpaired) electrons. The molecule has 104 valence electrons. The second kappa shape index (κ2) is 5.85. The van der Waals surface area contributed by atoms with E-state index in [0.29, 0.717) is 22.0 Å². The van der Waals surface area contributed by atoms with Gasteiger partial charge in [0, 0.05) is 20.7 Å². The van der Waals surface area contributed by atoms with Gasteiger partial charge in [-0.15, -0.1) is 0 Å². The zero-order valence-corrected chi connectivity index (χ0v) is 13.5. The number of carbonyl (C=O) groups is 1. The van der Waals surface area contributed by atoms with E-state index in [9.17, 15) is 4.79 Å². The maximum Gasteiger partial charge on any atom is 0.255 e. The highest BCUT2D eigenvalue weighted by molar-refractivity contribution is 9.10. The van der Waals surface area contributed by atoms with Crippen molar-refractivity contribution in [3.8, 4) is 0 Å². The Morgan fingerprint density at radius 1 is 1.20 bits per heavy atom. The molecular formula is C15H14BrClN2O. The molecule has 3 N–H and O–H groups in total. The number of anilines is 2. The van der Waals surface area contributed by atoms with Gasteiger partial charge >= 0.3 is 0 Å². The summed E-state index contributed by atoms with van der Waals surface area (Å²) in [5.74, 6) is -0.200. The number of nitrogen functional groups attached to an aromatic ring is 1. The van der Waals surface area contributed by atoms with Crippen molar-refractivity contribution in [3.63, 3.8) is 0 Å². The highest BCUT2D eigenvalue weighted by Crippen LogP contribution is 2.28.